The predicted molar refractivity (Wildman–Crippen MR) is 43.4 cm³/mol. The Balaban J connectivity index is 1.98. The van der Waals surface area contributed by atoms with Crippen LogP contribution in [0.15, 0.2) is 0 Å². The van der Waals surface area contributed by atoms with Crippen LogP contribution in [0, 0.1) is 5.92 Å². The Kier molecular flexibility index (Phi) is 1.95. The summed E-state index contributed by atoms with van der Waals surface area (Å²) in [7, 11) is 0. The van der Waals surface area contributed by atoms with Crippen molar-refractivity contribution in [3.05, 3.63) is 0 Å². The zero-order valence-corrected chi connectivity index (χ0v) is 6.81. The lowest BCUT2D eigenvalue weighted by molar-refractivity contribution is -0.122. The van der Waals surface area contributed by atoms with Crippen LogP contribution in [0.5, 0.6) is 0 Å². The Morgan fingerprint density at radius 2 is 2.27 bits per heavy atom. The number of rotatable bonds is 0. The van der Waals surface area contributed by atoms with Crippen molar-refractivity contribution in [3.8, 4) is 0 Å². The molecule has 2 rings (SSSR count). The maximum Gasteiger partial charge on any atom is 0.133 e. The molecule has 2 aliphatic rings. The van der Waals surface area contributed by atoms with Gasteiger partial charge in [0, 0.05) is 18.9 Å². The maximum atomic E-state index is 11.1. The average molecular weight is 153 g/mol. The van der Waals surface area contributed by atoms with Gasteiger partial charge in [0.15, 0.2) is 0 Å². The van der Waals surface area contributed by atoms with Crippen LogP contribution in [0.1, 0.15) is 32.1 Å². The van der Waals surface area contributed by atoms with Crippen LogP contribution in [-0.4, -0.2) is 18.4 Å². The Morgan fingerprint density at radius 3 is 3.18 bits per heavy atom. The van der Waals surface area contributed by atoms with E-state index in [1.165, 1.54) is 12.8 Å². The second kappa shape index (κ2) is 2.94. The topological polar surface area (TPSA) is 29.1 Å². The molecule has 0 aromatic rings. The molecular weight excluding hydrogens is 138 g/mol. The zero-order valence-electron chi connectivity index (χ0n) is 6.81. The summed E-state index contributed by atoms with van der Waals surface area (Å²) < 4.78 is 0. The Bertz CT molecular complexity index is 167. The number of Topliss-reactive ketones (excluding diaryl/α,β-unsaturated/α-hetero) is 1. The minimum Gasteiger partial charge on any atom is -0.314 e. The fourth-order valence-corrected chi connectivity index (χ4v) is 2.31. The molecule has 2 nitrogen and oxygen atoms in total. The summed E-state index contributed by atoms with van der Waals surface area (Å²) >= 11 is 0. The minimum atomic E-state index is 0.481. The molecule has 1 heterocycles. The molecule has 1 saturated heterocycles. The first-order valence-electron chi connectivity index (χ1n) is 4.61. The standard InChI is InChI=1S/C9H15NO/c11-8-3-4-9-7(6-8)2-1-5-10-9/h7,9-10H,1-6H2/t7-,9+/m1/s1. The molecule has 0 bridgehead atoms. The van der Waals surface area contributed by atoms with Crippen molar-refractivity contribution >= 4 is 5.78 Å². The third-order valence-electron chi connectivity index (χ3n) is 2.95. The highest BCUT2D eigenvalue weighted by Crippen LogP contribution is 2.28. The third-order valence-corrected chi connectivity index (χ3v) is 2.95. The van der Waals surface area contributed by atoms with Crippen molar-refractivity contribution in [1.29, 1.82) is 0 Å². The monoisotopic (exact) mass is 153 g/mol. The van der Waals surface area contributed by atoms with Crippen LogP contribution in [0.25, 0.3) is 0 Å². The van der Waals surface area contributed by atoms with Gasteiger partial charge in [0.05, 0.1) is 0 Å². The molecule has 0 unspecified atom stereocenters. The molecule has 62 valence electrons. The quantitative estimate of drug-likeness (QED) is 0.564. The van der Waals surface area contributed by atoms with Crippen molar-refractivity contribution in [3.63, 3.8) is 0 Å². The van der Waals surface area contributed by atoms with Gasteiger partial charge >= 0.3 is 0 Å². The molecule has 2 fully saturated rings. The van der Waals surface area contributed by atoms with Crippen LogP contribution in [0.4, 0.5) is 0 Å². The molecule has 1 N–H and O–H groups in total. The molecular formula is C9H15NO. The molecule has 1 aliphatic carbocycles. The second-order valence-corrected chi connectivity index (χ2v) is 3.74. The summed E-state index contributed by atoms with van der Waals surface area (Å²) in [5, 5.41) is 3.49. The number of piperidine rings is 1. The second-order valence-electron chi connectivity index (χ2n) is 3.74. The van der Waals surface area contributed by atoms with Crippen LogP contribution in [0.3, 0.4) is 0 Å². The highest BCUT2D eigenvalue weighted by molar-refractivity contribution is 5.79. The molecule has 0 aromatic heterocycles. The van der Waals surface area contributed by atoms with Crippen LogP contribution in [-0.2, 0) is 4.79 Å². The van der Waals surface area contributed by atoms with Crippen molar-refractivity contribution < 1.29 is 4.79 Å². The number of nitrogens with one attached hydrogen (secondary N) is 1. The van der Waals surface area contributed by atoms with E-state index in [1.54, 1.807) is 0 Å². The van der Waals surface area contributed by atoms with Crippen molar-refractivity contribution in [2.75, 3.05) is 6.54 Å². The van der Waals surface area contributed by atoms with Crippen LogP contribution < -0.4 is 5.32 Å². The molecule has 1 saturated carbocycles. The average Bonchev–Trinajstić information content (AvgIpc) is 2.04. The molecule has 0 aromatic carbocycles. The molecule has 2 atom stereocenters. The Hall–Kier alpha value is -0.370. The van der Waals surface area contributed by atoms with Gasteiger partial charge in [-0.25, -0.2) is 0 Å². The van der Waals surface area contributed by atoms with E-state index in [4.69, 9.17) is 0 Å². The Labute approximate surface area is 67.4 Å². The van der Waals surface area contributed by atoms with Gasteiger partial charge in [0.25, 0.3) is 0 Å². The SMILES string of the molecule is O=C1CC[C@@H]2NCCC[C@@H]2C1. The Morgan fingerprint density at radius 1 is 1.36 bits per heavy atom. The predicted octanol–water partition coefficient (Wildman–Crippen LogP) is 1.11. The van der Waals surface area contributed by atoms with Crippen LogP contribution in [0.2, 0.25) is 0 Å². The highest BCUT2D eigenvalue weighted by atomic mass is 16.1. The fourth-order valence-electron chi connectivity index (χ4n) is 2.31. The van der Waals surface area contributed by atoms with Crippen molar-refractivity contribution in [2.24, 2.45) is 5.92 Å². The number of fused-ring (bicyclic) bond motifs is 1. The van der Waals surface area contributed by atoms with Gasteiger partial charge in [-0.3, -0.25) is 4.79 Å². The number of hydrogen-bond donors (Lipinski definition) is 1. The van der Waals surface area contributed by atoms with Crippen molar-refractivity contribution in [2.45, 2.75) is 38.1 Å². The van der Waals surface area contributed by atoms with E-state index in [-0.39, 0.29) is 0 Å². The normalized spacial score (nSPS) is 38.4. The van der Waals surface area contributed by atoms with E-state index in [1.807, 2.05) is 0 Å². The summed E-state index contributed by atoms with van der Waals surface area (Å²) in [6, 6.07) is 0.668. The summed E-state index contributed by atoms with van der Waals surface area (Å²) in [6.45, 7) is 1.16. The van der Waals surface area contributed by atoms with Crippen molar-refractivity contribution in [1.82, 2.24) is 5.32 Å². The first kappa shape index (κ1) is 7.29. The van der Waals surface area contributed by atoms with E-state index in [0.29, 0.717) is 17.7 Å². The van der Waals surface area contributed by atoms with E-state index in [9.17, 15) is 4.79 Å². The molecule has 0 amide bonds. The molecule has 2 heteroatoms. The lowest BCUT2D eigenvalue weighted by Crippen LogP contribution is -2.44. The van der Waals surface area contributed by atoms with Crippen LogP contribution >= 0.6 is 0 Å². The largest absolute Gasteiger partial charge is 0.314 e. The van der Waals surface area contributed by atoms with Gasteiger partial charge in [-0.2, -0.15) is 0 Å². The van der Waals surface area contributed by atoms with Gasteiger partial charge < -0.3 is 5.32 Å². The third kappa shape index (κ3) is 1.45. The number of carbonyl (C=O) groups excluding carboxylic acids is 1. The van der Waals surface area contributed by atoms with E-state index in [2.05, 4.69) is 5.32 Å². The van der Waals surface area contributed by atoms with Gasteiger partial charge in [-0.15, -0.1) is 0 Å². The lowest BCUT2D eigenvalue weighted by atomic mass is 9.79. The first-order chi connectivity index (χ1) is 5.36. The van der Waals surface area contributed by atoms with E-state index >= 15 is 0 Å². The molecule has 0 spiro atoms. The van der Waals surface area contributed by atoms with Gasteiger partial charge in [0.1, 0.15) is 5.78 Å². The first-order valence-corrected chi connectivity index (χ1v) is 4.61. The maximum absolute atomic E-state index is 11.1. The van der Waals surface area contributed by atoms with Gasteiger partial charge in [-0.1, -0.05) is 0 Å². The van der Waals surface area contributed by atoms with Gasteiger partial charge in [0.2, 0.25) is 0 Å². The number of hydrogen-bond acceptors (Lipinski definition) is 2. The zero-order chi connectivity index (χ0) is 7.68. The molecule has 1 aliphatic heterocycles. The molecule has 0 radical (unpaired) electrons. The smallest absolute Gasteiger partial charge is 0.133 e. The summed E-state index contributed by atoms with van der Waals surface area (Å²) in [4.78, 5) is 11.1. The molecule has 11 heavy (non-hydrogen) atoms. The highest BCUT2D eigenvalue weighted by Gasteiger charge is 2.30. The lowest BCUT2D eigenvalue weighted by Gasteiger charge is -2.35. The van der Waals surface area contributed by atoms with E-state index < -0.39 is 0 Å². The number of carbonyl (C=O) groups is 1. The van der Waals surface area contributed by atoms with Gasteiger partial charge in [-0.05, 0) is 31.7 Å². The summed E-state index contributed by atoms with van der Waals surface area (Å²) in [5.74, 6) is 1.15. The minimum absolute atomic E-state index is 0.481. The van der Waals surface area contributed by atoms with E-state index in [0.717, 1.165) is 25.8 Å². The summed E-state index contributed by atoms with van der Waals surface area (Å²) in [5.41, 5.74) is 0. The fraction of sp³-hybridized carbons (Fsp3) is 0.889. The number of ketones is 1. The summed E-state index contributed by atoms with van der Waals surface area (Å²) in [6.07, 6.45) is 5.27.